The summed E-state index contributed by atoms with van der Waals surface area (Å²) in [6.07, 6.45) is 0. The molecule has 23 heavy (non-hydrogen) atoms. The minimum atomic E-state index is -0.446. The maximum absolute atomic E-state index is 12.4. The molecule has 114 valence electrons. The van der Waals surface area contributed by atoms with E-state index >= 15 is 0 Å². The van der Waals surface area contributed by atoms with Gasteiger partial charge in [-0.3, -0.25) is 14.5 Å². The van der Waals surface area contributed by atoms with Crippen molar-refractivity contribution in [1.82, 2.24) is 4.90 Å². The summed E-state index contributed by atoms with van der Waals surface area (Å²) in [5.74, 6) is -1.04. The van der Waals surface area contributed by atoms with Crippen LogP contribution in [-0.4, -0.2) is 22.7 Å². The Labute approximate surface area is 140 Å². The number of hydrogen-bond acceptors (Lipinski definition) is 4. The second-order valence-corrected chi connectivity index (χ2v) is 6.22. The molecule has 2 aliphatic rings. The maximum Gasteiger partial charge on any atom is 0.340 e. The van der Waals surface area contributed by atoms with Gasteiger partial charge >= 0.3 is 5.97 Å². The molecule has 2 amide bonds. The highest BCUT2D eigenvalue weighted by Gasteiger charge is 2.35. The van der Waals surface area contributed by atoms with Crippen LogP contribution in [-0.2, 0) is 11.3 Å². The SMILES string of the molecule is O=C1OC(Br)c2ccc(CN3C(=O)c4ccccc4C3=O)cc21. The van der Waals surface area contributed by atoms with E-state index in [2.05, 4.69) is 15.9 Å². The summed E-state index contributed by atoms with van der Waals surface area (Å²) in [4.78, 5) is 37.7. The number of fused-ring (bicyclic) bond motifs is 2. The van der Waals surface area contributed by atoms with E-state index in [1.165, 1.54) is 4.90 Å². The number of rotatable bonds is 2. The highest BCUT2D eigenvalue weighted by Crippen LogP contribution is 2.36. The highest BCUT2D eigenvalue weighted by molar-refractivity contribution is 9.09. The van der Waals surface area contributed by atoms with E-state index < -0.39 is 11.0 Å². The van der Waals surface area contributed by atoms with Crippen molar-refractivity contribution < 1.29 is 19.1 Å². The van der Waals surface area contributed by atoms with Gasteiger partial charge in [0, 0.05) is 5.56 Å². The number of nitrogens with zero attached hydrogens (tertiary/aromatic N) is 1. The van der Waals surface area contributed by atoms with Gasteiger partial charge in [0.1, 0.15) is 0 Å². The molecule has 2 aromatic rings. The fraction of sp³-hybridized carbons (Fsp3) is 0.118. The zero-order valence-corrected chi connectivity index (χ0v) is 13.4. The molecular weight excluding hydrogens is 362 g/mol. The number of hydrogen-bond donors (Lipinski definition) is 0. The fourth-order valence-corrected chi connectivity index (χ4v) is 3.43. The van der Waals surface area contributed by atoms with Gasteiger partial charge in [-0.1, -0.05) is 24.3 Å². The maximum atomic E-state index is 12.4. The Bertz CT molecular complexity index is 842. The fourth-order valence-electron chi connectivity index (χ4n) is 2.86. The molecule has 1 unspecified atom stereocenters. The number of halogens is 1. The number of carbonyl (C=O) groups excluding carboxylic acids is 3. The lowest BCUT2D eigenvalue weighted by atomic mass is 10.1. The Morgan fingerprint density at radius 2 is 1.61 bits per heavy atom. The van der Waals surface area contributed by atoms with E-state index in [-0.39, 0.29) is 18.4 Å². The van der Waals surface area contributed by atoms with Crippen LogP contribution in [0.5, 0.6) is 0 Å². The first-order valence-electron chi connectivity index (χ1n) is 6.99. The van der Waals surface area contributed by atoms with Crippen LogP contribution >= 0.6 is 15.9 Å². The molecule has 0 radical (unpaired) electrons. The van der Waals surface area contributed by atoms with Gasteiger partial charge in [-0.05, 0) is 39.7 Å². The molecule has 0 aliphatic carbocycles. The van der Waals surface area contributed by atoms with Crippen LogP contribution in [0.4, 0.5) is 0 Å². The molecule has 0 fully saturated rings. The number of ether oxygens (including phenoxy) is 1. The third-order valence-corrected chi connectivity index (χ3v) is 4.69. The van der Waals surface area contributed by atoms with E-state index in [1.54, 1.807) is 42.5 Å². The van der Waals surface area contributed by atoms with Crippen molar-refractivity contribution in [2.24, 2.45) is 0 Å². The van der Waals surface area contributed by atoms with Crippen LogP contribution in [0.2, 0.25) is 0 Å². The molecule has 0 saturated carbocycles. The number of alkyl halides is 1. The van der Waals surface area contributed by atoms with Gasteiger partial charge in [-0.2, -0.15) is 0 Å². The molecule has 0 N–H and O–H groups in total. The van der Waals surface area contributed by atoms with Crippen molar-refractivity contribution in [2.45, 2.75) is 11.6 Å². The van der Waals surface area contributed by atoms with Crippen LogP contribution in [0, 0.1) is 0 Å². The quantitative estimate of drug-likeness (QED) is 0.462. The summed E-state index contributed by atoms with van der Waals surface area (Å²) in [6.45, 7) is 0.125. The lowest BCUT2D eigenvalue weighted by Crippen LogP contribution is -2.29. The average Bonchev–Trinajstić information content (AvgIpc) is 2.97. The minimum Gasteiger partial charge on any atom is -0.442 e. The smallest absolute Gasteiger partial charge is 0.340 e. The molecule has 0 spiro atoms. The molecule has 2 aromatic carbocycles. The standard InChI is InChI=1S/C17H10BrNO4/c18-14-10-6-5-9(7-13(10)17(22)23-14)8-19-15(20)11-3-1-2-4-12(11)16(19)21/h1-7,14H,8H2. The van der Waals surface area contributed by atoms with Crippen molar-refractivity contribution in [2.75, 3.05) is 0 Å². The van der Waals surface area contributed by atoms with Crippen molar-refractivity contribution in [1.29, 1.82) is 0 Å². The molecule has 2 heterocycles. The zero-order valence-electron chi connectivity index (χ0n) is 11.8. The first-order valence-corrected chi connectivity index (χ1v) is 7.91. The van der Waals surface area contributed by atoms with Crippen LogP contribution in [0.1, 0.15) is 47.2 Å². The lowest BCUT2D eigenvalue weighted by molar-refractivity contribution is 0.0529. The Morgan fingerprint density at radius 3 is 2.26 bits per heavy atom. The summed E-state index contributed by atoms with van der Waals surface area (Å²) in [5, 5.41) is -0.446. The van der Waals surface area contributed by atoms with E-state index in [9.17, 15) is 14.4 Å². The van der Waals surface area contributed by atoms with E-state index in [4.69, 9.17) is 4.74 Å². The predicted molar refractivity (Wildman–Crippen MR) is 84.2 cm³/mol. The van der Waals surface area contributed by atoms with Crippen LogP contribution in [0.15, 0.2) is 42.5 Å². The van der Waals surface area contributed by atoms with Crippen LogP contribution in [0.3, 0.4) is 0 Å². The summed E-state index contributed by atoms with van der Waals surface area (Å²) in [5.41, 5.74) is 2.75. The predicted octanol–water partition coefficient (Wildman–Crippen LogP) is 3.05. The Hall–Kier alpha value is -2.47. The van der Waals surface area contributed by atoms with Gasteiger partial charge in [0.25, 0.3) is 11.8 Å². The summed E-state index contributed by atoms with van der Waals surface area (Å²) in [7, 11) is 0. The largest absolute Gasteiger partial charge is 0.442 e. The zero-order chi connectivity index (χ0) is 16.1. The third-order valence-electron chi connectivity index (χ3n) is 4.01. The molecule has 4 rings (SSSR count). The summed E-state index contributed by atoms with van der Waals surface area (Å²) in [6, 6.07) is 12.0. The second-order valence-electron chi connectivity index (χ2n) is 5.38. The van der Waals surface area contributed by atoms with Gasteiger partial charge in [-0.15, -0.1) is 0 Å². The van der Waals surface area contributed by atoms with Crippen molar-refractivity contribution in [3.8, 4) is 0 Å². The molecule has 0 aromatic heterocycles. The van der Waals surface area contributed by atoms with Gasteiger partial charge in [0.15, 0.2) is 5.01 Å². The summed E-state index contributed by atoms with van der Waals surface area (Å²) >= 11 is 3.27. The number of carbonyl (C=O) groups is 3. The van der Waals surface area contributed by atoms with Gasteiger partial charge in [-0.25, -0.2) is 4.79 Å². The Balaban J connectivity index is 1.66. The first kappa shape index (κ1) is 14.1. The molecule has 2 aliphatic heterocycles. The Kier molecular flexibility index (Phi) is 3.09. The van der Waals surface area contributed by atoms with E-state index in [0.717, 1.165) is 5.56 Å². The van der Waals surface area contributed by atoms with Gasteiger partial charge in [0.2, 0.25) is 0 Å². The number of amides is 2. The third kappa shape index (κ3) is 2.09. The highest BCUT2D eigenvalue weighted by atomic mass is 79.9. The average molecular weight is 372 g/mol. The number of imide groups is 1. The van der Waals surface area contributed by atoms with E-state index in [1.807, 2.05) is 0 Å². The van der Waals surface area contributed by atoms with E-state index in [0.29, 0.717) is 22.3 Å². The van der Waals surface area contributed by atoms with Crippen molar-refractivity contribution in [3.05, 3.63) is 70.3 Å². The monoisotopic (exact) mass is 371 g/mol. The van der Waals surface area contributed by atoms with Crippen LogP contribution in [0.25, 0.3) is 0 Å². The summed E-state index contributed by atoms with van der Waals surface area (Å²) < 4.78 is 5.08. The first-order chi connectivity index (χ1) is 11.1. The van der Waals surface area contributed by atoms with Crippen molar-refractivity contribution in [3.63, 3.8) is 0 Å². The number of cyclic esters (lactones) is 1. The molecule has 0 saturated heterocycles. The molecular formula is C17H10BrNO4. The lowest BCUT2D eigenvalue weighted by Gasteiger charge is -2.14. The molecule has 1 atom stereocenters. The van der Waals surface area contributed by atoms with Crippen molar-refractivity contribution >= 4 is 33.7 Å². The van der Waals surface area contributed by atoms with Gasteiger partial charge < -0.3 is 4.74 Å². The Morgan fingerprint density at radius 1 is 0.957 bits per heavy atom. The van der Waals surface area contributed by atoms with Gasteiger partial charge in [0.05, 0.1) is 23.2 Å². The topological polar surface area (TPSA) is 63.7 Å². The molecule has 5 nitrogen and oxygen atoms in total. The second kappa shape index (κ2) is 5.03. The number of benzene rings is 2. The number of esters is 1. The molecule has 6 heteroatoms. The normalized spacial score (nSPS) is 18.9. The van der Waals surface area contributed by atoms with Crippen LogP contribution < -0.4 is 0 Å². The molecule has 0 bridgehead atoms. The minimum absolute atomic E-state index is 0.125.